The van der Waals surface area contributed by atoms with Gasteiger partial charge in [-0.05, 0) is 19.3 Å². The number of aromatic amines is 1. The summed E-state index contributed by atoms with van der Waals surface area (Å²) < 4.78 is 0. The molecule has 0 unspecified atom stereocenters. The first-order valence-corrected chi connectivity index (χ1v) is 7.88. The van der Waals surface area contributed by atoms with E-state index in [0.29, 0.717) is 17.7 Å². The van der Waals surface area contributed by atoms with E-state index in [-0.39, 0.29) is 30.7 Å². The average molecular weight is 369 g/mol. The summed E-state index contributed by atoms with van der Waals surface area (Å²) in [6.45, 7) is 4.71. The Labute approximate surface area is 154 Å². The van der Waals surface area contributed by atoms with E-state index in [2.05, 4.69) is 15.3 Å². The summed E-state index contributed by atoms with van der Waals surface area (Å²) in [5.41, 5.74) is 2.41. The van der Waals surface area contributed by atoms with Gasteiger partial charge in [0.25, 0.3) is 5.91 Å². The number of nitrogens with zero attached hydrogens (tertiary/aromatic N) is 2. The van der Waals surface area contributed by atoms with Gasteiger partial charge in [-0.3, -0.25) is 4.79 Å². The Hall–Kier alpha value is -1.56. The van der Waals surface area contributed by atoms with Crippen molar-refractivity contribution in [2.75, 3.05) is 19.6 Å². The van der Waals surface area contributed by atoms with E-state index in [1.807, 2.05) is 42.2 Å². The summed E-state index contributed by atoms with van der Waals surface area (Å²) in [6, 6.07) is 10.3. The molecule has 1 aromatic heterocycles. The van der Waals surface area contributed by atoms with Crippen LogP contribution in [0.2, 0.25) is 0 Å². The Morgan fingerprint density at radius 2 is 1.96 bits per heavy atom. The van der Waals surface area contributed by atoms with Crippen LogP contribution in [0.15, 0.2) is 30.3 Å². The molecule has 3 heterocycles. The van der Waals surface area contributed by atoms with Gasteiger partial charge in [-0.25, -0.2) is 4.98 Å². The van der Waals surface area contributed by atoms with Crippen molar-refractivity contribution in [2.45, 2.75) is 19.4 Å². The highest BCUT2D eigenvalue weighted by Gasteiger charge is 2.41. The van der Waals surface area contributed by atoms with E-state index in [1.54, 1.807) is 0 Å². The molecular formula is C17H22Cl2N4O. The van der Waals surface area contributed by atoms with Gasteiger partial charge in [-0.2, -0.15) is 0 Å². The minimum Gasteiger partial charge on any atom is -0.341 e. The Morgan fingerprint density at radius 1 is 1.21 bits per heavy atom. The third kappa shape index (κ3) is 3.16. The Morgan fingerprint density at radius 3 is 2.71 bits per heavy atom. The lowest BCUT2D eigenvalue weighted by Crippen LogP contribution is -2.39. The maximum atomic E-state index is 12.9. The Balaban J connectivity index is 0.00000104. The molecule has 130 valence electrons. The van der Waals surface area contributed by atoms with Crippen LogP contribution < -0.4 is 5.32 Å². The minimum absolute atomic E-state index is 0. The lowest BCUT2D eigenvalue weighted by Gasteiger charge is -2.22. The molecule has 2 saturated heterocycles. The molecule has 2 aromatic rings. The summed E-state index contributed by atoms with van der Waals surface area (Å²) in [6.07, 6.45) is 1.10. The second-order valence-corrected chi connectivity index (χ2v) is 6.20. The van der Waals surface area contributed by atoms with Gasteiger partial charge in [-0.15, -0.1) is 24.8 Å². The van der Waals surface area contributed by atoms with Gasteiger partial charge in [-0.1, -0.05) is 30.3 Å². The number of rotatable bonds is 2. The van der Waals surface area contributed by atoms with Gasteiger partial charge in [0.05, 0.1) is 0 Å². The van der Waals surface area contributed by atoms with E-state index >= 15 is 0 Å². The topological polar surface area (TPSA) is 61.0 Å². The Bertz CT molecular complexity index is 704. The van der Waals surface area contributed by atoms with Crippen molar-refractivity contribution >= 4 is 30.7 Å². The lowest BCUT2D eigenvalue weighted by atomic mass is 10.1. The highest BCUT2D eigenvalue weighted by Crippen LogP contribution is 2.29. The number of carbonyl (C=O) groups is 1. The number of H-pyrrole nitrogens is 1. The van der Waals surface area contributed by atoms with Crippen LogP contribution in [0, 0.1) is 12.8 Å². The predicted molar refractivity (Wildman–Crippen MR) is 99.1 cm³/mol. The number of halogens is 2. The number of amides is 1. The lowest BCUT2D eigenvalue weighted by molar-refractivity contribution is 0.0731. The van der Waals surface area contributed by atoms with Gasteiger partial charge in [0.2, 0.25) is 0 Å². The zero-order valence-corrected chi connectivity index (χ0v) is 15.1. The number of benzene rings is 1. The largest absolute Gasteiger partial charge is 0.341 e. The Kier molecular flexibility index (Phi) is 5.91. The van der Waals surface area contributed by atoms with E-state index in [1.165, 1.54) is 0 Å². The average Bonchev–Trinajstić information content (AvgIpc) is 3.22. The molecule has 0 radical (unpaired) electrons. The molecular weight excluding hydrogens is 347 g/mol. The first kappa shape index (κ1) is 18.8. The van der Waals surface area contributed by atoms with Crippen LogP contribution in [-0.2, 0) is 0 Å². The molecule has 0 saturated carbocycles. The third-order valence-corrected chi connectivity index (χ3v) is 4.84. The van der Waals surface area contributed by atoms with Gasteiger partial charge in [0, 0.05) is 36.9 Å². The summed E-state index contributed by atoms with van der Waals surface area (Å²) >= 11 is 0. The van der Waals surface area contributed by atoms with Crippen molar-refractivity contribution in [1.29, 1.82) is 0 Å². The third-order valence-electron chi connectivity index (χ3n) is 4.84. The SMILES string of the molecule is Cc1[nH]c(-c2ccccc2)nc1C(=O)N1CC[C@H]2CNC[C@H]21.Cl.Cl. The summed E-state index contributed by atoms with van der Waals surface area (Å²) in [7, 11) is 0. The van der Waals surface area contributed by atoms with Gasteiger partial charge in [0.15, 0.2) is 0 Å². The number of aromatic nitrogens is 2. The quantitative estimate of drug-likeness (QED) is 0.856. The smallest absolute Gasteiger partial charge is 0.274 e. The van der Waals surface area contributed by atoms with Crippen LogP contribution >= 0.6 is 24.8 Å². The fraction of sp³-hybridized carbons (Fsp3) is 0.412. The van der Waals surface area contributed by atoms with Crippen LogP contribution in [0.4, 0.5) is 0 Å². The number of aryl methyl sites for hydroxylation is 1. The highest BCUT2D eigenvalue weighted by molar-refractivity contribution is 5.94. The molecule has 4 rings (SSSR count). The number of fused-ring (bicyclic) bond motifs is 1. The first-order chi connectivity index (χ1) is 10.7. The molecule has 2 N–H and O–H groups in total. The normalized spacial score (nSPS) is 21.8. The van der Waals surface area contributed by atoms with Gasteiger partial charge in [0.1, 0.15) is 11.5 Å². The van der Waals surface area contributed by atoms with Crippen molar-refractivity contribution in [2.24, 2.45) is 5.92 Å². The van der Waals surface area contributed by atoms with Crippen molar-refractivity contribution < 1.29 is 4.79 Å². The minimum atomic E-state index is 0. The van der Waals surface area contributed by atoms with Crippen LogP contribution in [0.3, 0.4) is 0 Å². The van der Waals surface area contributed by atoms with Crippen LogP contribution in [-0.4, -0.2) is 46.5 Å². The maximum absolute atomic E-state index is 12.9. The second-order valence-electron chi connectivity index (χ2n) is 6.20. The molecule has 1 amide bonds. The number of nitrogens with one attached hydrogen (secondary N) is 2. The number of carbonyl (C=O) groups excluding carboxylic acids is 1. The molecule has 0 spiro atoms. The molecule has 2 aliphatic heterocycles. The van der Waals surface area contributed by atoms with E-state index < -0.39 is 0 Å². The van der Waals surface area contributed by atoms with Gasteiger partial charge >= 0.3 is 0 Å². The second kappa shape index (κ2) is 7.55. The first-order valence-electron chi connectivity index (χ1n) is 7.88. The molecule has 2 atom stereocenters. The predicted octanol–water partition coefficient (Wildman–Crippen LogP) is 2.66. The fourth-order valence-electron chi connectivity index (χ4n) is 3.64. The number of hydrogen-bond donors (Lipinski definition) is 2. The van der Waals surface area contributed by atoms with Crippen molar-refractivity contribution in [3.8, 4) is 11.4 Å². The fourth-order valence-corrected chi connectivity index (χ4v) is 3.64. The van der Waals surface area contributed by atoms with Crippen LogP contribution in [0.5, 0.6) is 0 Å². The standard InChI is InChI=1S/C17H20N4O.2ClH/c1-11-15(20-16(19-11)12-5-3-2-4-6-12)17(22)21-8-7-13-9-18-10-14(13)21;;/h2-6,13-14,18H,7-10H2,1H3,(H,19,20);2*1H/t13-,14+;;/m0../s1. The van der Waals surface area contributed by atoms with Crippen LogP contribution in [0.1, 0.15) is 22.6 Å². The van der Waals surface area contributed by atoms with E-state index in [4.69, 9.17) is 0 Å². The monoisotopic (exact) mass is 368 g/mol. The molecule has 24 heavy (non-hydrogen) atoms. The molecule has 1 aromatic carbocycles. The summed E-state index contributed by atoms with van der Waals surface area (Å²) in [4.78, 5) is 22.7. The zero-order chi connectivity index (χ0) is 15.1. The number of imidazole rings is 1. The van der Waals surface area contributed by atoms with Gasteiger partial charge < -0.3 is 15.2 Å². The summed E-state index contributed by atoms with van der Waals surface area (Å²) in [5.74, 6) is 1.44. The zero-order valence-electron chi connectivity index (χ0n) is 13.5. The maximum Gasteiger partial charge on any atom is 0.274 e. The molecule has 2 aliphatic rings. The molecule has 0 bridgehead atoms. The number of hydrogen-bond acceptors (Lipinski definition) is 3. The van der Waals surface area contributed by atoms with E-state index in [0.717, 1.165) is 43.1 Å². The molecule has 2 fully saturated rings. The van der Waals surface area contributed by atoms with Crippen molar-refractivity contribution in [1.82, 2.24) is 20.2 Å². The number of likely N-dealkylation sites (tertiary alicyclic amines) is 1. The molecule has 5 nitrogen and oxygen atoms in total. The van der Waals surface area contributed by atoms with Crippen LogP contribution in [0.25, 0.3) is 11.4 Å². The molecule has 7 heteroatoms. The molecule has 0 aliphatic carbocycles. The van der Waals surface area contributed by atoms with Crippen molar-refractivity contribution in [3.63, 3.8) is 0 Å². The highest BCUT2D eigenvalue weighted by atomic mass is 35.5. The van der Waals surface area contributed by atoms with Crippen molar-refractivity contribution in [3.05, 3.63) is 41.7 Å². The van der Waals surface area contributed by atoms with E-state index in [9.17, 15) is 4.79 Å². The summed E-state index contributed by atoms with van der Waals surface area (Å²) in [5, 5.41) is 3.38.